The molecule has 0 aromatic carbocycles. The van der Waals surface area contributed by atoms with E-state index < -0.39 is 5.97 Å². The van der Waals surface area contributed by atoms with Crippen molar-refractivity contribution in [2.24, 2.45) is 5.92 Å². The number of hydrogen-bond acceptors (Lipinski definition) is 3. The number of nitrogens with zero attached hydrogens (tertiary/aromatic N) is 1. The topological polar surface area (TPSA) is 78.9 Å². The molecule has 0 radical (unpaired) electrons. The third kappa shape index (κ3) is 4.18. The fraction of sp³-hybridized carbons (Fsp3) is 0.833. The Morgan fingerprint density at radius 3 is 2.72 bits per heavy atom. The minimum absolute atomic E-state index is 0.208. The van der Waals surface area contributed by atoms with Crippen molar-refractivity contribution in [2.75, 3.05) is 26.2 Å². The van der Waals surface area contributed by atoms with Gasteiger partial charge in [0.2, 0.25) is 0 Å². The van der Waals surface area contributed by atoms with Gasteiger partial charge < -0.3 is 20.1 Å². The summed E-state index contributed by atoms with van der Waals surface area (Å²) in [5, 5.41) is 11.5. The maximum Gasteiger partial charge on any atom is 0.323 e. The van der Waals surface area contributed by atoms with Gasteiger partial charge in [-0.15, -0.1) is 0 Å². The third-order valence-electron chi connectivity index (χ3n) is 3.26. The first-order valence-electron chi connectivity index (χ1n) is 6.44. The highest BCUT2D eigenvalue weighted by atomic mass is 16.5. The molecule has 1 aliphatic rings. The molecule has 0 saturated carbocycles. The zero-order valence-corrected chi connectivity index (χ0v) is 11.0. The number of rotatable bonds is 6. The molecule has 18 heavy (non-hydrogen) atoms. The Morgan fingerprint density at radius 2 is 2.17 bits per heavy atom. The second kappa shape index (κ2) is 7.20. The molecule has 0 aliphatic carbocycles. The number of likely N-dealkylation sites (N-methyl/N-ethyl adjacent to an activating group) is 1. The fourth-order valence-corrected chi connectivity index (χ4v) is 2.20. The van der Waals surface area contributed by atoms with Crippen LogP contribution >= 0.6 is 0 Å². The van der Waals surface area contributed by atoms with Gasteiger partial charge in [0.15, 0.2) is 0 Å². The Kier molecular flexibility index (Phi) is 5.91. The summed E-state index contributed by atoms with van der Waals surface area (Å²) in [6, 6.07) is -0.318. The average molecular weight is 258 g/mol. The van der Waals surface area contributed by atoms with Crippen LogP contribution in [0.15, 0.2) is 0 Å². The molecular weight excluding hydrogens is 236 g/mol. The van der Waals surface area contributed by atoms with Crippen LogP contribution < -0.4 is 5.32 Å². The van der Waals surface area contributed by atoms with Crippen molar-refractivity contribution >= 4 is 12.0 Å². The van der Waals surface area contributed by atoms with Gasteiger partial charge in [-0.05, 0) is 19.8 Å². The van der Waals surface area contributed by atoms with E-state index in [1.54, 1.807) is 6.92 Å². The van der Waals surface area contributed by atoms with Crippen LogP contribution in [0.3, 0.4) is 0 Å². The maximum absolute atomic E-state index is 11.8. The van der Waals surface area contributed by atoms with Crippen LogP contribution in [0.5, 0.6) is 0 Å². The highest BCUT2D eigenvalue weighted by molar-refractivity contribution is 5.80. The largest absolute Gasteiger partial charge is 0.480 e. The lowest BCUT2D eigenvalue weighted by atomic mass is 10.00. The Hall–Kier alpha value is -1.30. The van der Waals surface area contributed by atoms with Crippen LogP contribution in [0.2, 0.25) is 0 Å². The SMILES string of the molecule is CCC1OCCC1CNC(=O)N(CC)CC(=O)O. The predicted molar refractivity (Wildman–Crippen MR) is 66.4 cm³/mol. The fourth-order valence-electron chi connectivity index (χ4n) is 2.20. The Bertz CT molecular complexity index is 296. The lowest BCUT2D eigenvalue weighted by Crippen LogP contribution is -2.44. The Labute approximate surface area is 107 Å². The average Bonchev–Trinajstić information content (AvgIpc) is 2.80. The molecule has 2 N–H and O–H groups in total. The molecule has 104 valence electrons. The molecule has 0 bridgehead atoms. The number of amides is 2. The van der Waals surface area contributed by atoms with Crippen molar-refractivity contribution in [2.45, 2.75) is 32.8 Å². The number of carbonyl (C=O) groups excluding carboxylic acids is 1. The molecule has 0 spiro atoms. The zero-order valence-electron chi connectivity index (χ0n) is 11.0. The number of carbonyl (C=O) groups is 2. The summed E-state index contributed by atoms with van der Waals surface area (Å²) < 4.78 is 5.54. The van der Waals surface area contributed by atoms with Crippen LogP contribution in [0.4, 0.5) is 4.79 Å². The van der Waals surface area contributed by atoms with Crippen LogP contribution in [0.25, 0.3) is 0 Å². The first-order valence-corrected chi connectivity index (χ1v) is 6.44. The van der Waals surface area contributed by atoms with Gasteiger partial charge >= 0.3 is 12.0 Å². The number of aliphatic carboxylic acids is 1. The maximum atomic E-state index is 11.8. The predicted octanol–water partition coefficient (Wildman–Crippen LogP) is 0.918. The van der Waals surface area contributed by atoms with E-state index in [1.165, 1.54) is 4.90 Å². The monoisotopic (exact) mass is 258 g/mol. The van der Waals surface area contributed by atoms with Crippen molar-refractivity contribution in [3.63, 3.8) is 0 Å². The number of urea groups is 1. The molecule has 1 fully saturated rings. The van der Waals surface area contributed by atoms with Crippen LogP contribution in [-0.4, -0.2) is 54.4 Å². The summed E-state index contributed by atoms with van der Waals surface area (Å²) in [5.41, 5.74) is 0. The molecule has 2 atom stereocenters. The molecule has 1 saturated heterocycles. The second-order valence-corrected chi connectivity index (χ2v) is 4.46. The number of hydrogen-bond donors (Lipinski definition) is 2. The van der Waals surface area contributed by atoms with Gasteiger partial charge in [-0.25, -0.2) is 4.79 Å². The van der Waals surface area contributed by atoms with E-state index in [0.29, 0.717) is 19.0 Å². The van der Waals surface area contributed by atoms with E-state index >= 15 is 0 Å². The summed E-state index contributed by atoms with van der Waals surface area (Å²) >= 11 is 0. The van der Waals surface area contributed by atoms with E-state index in [2.05, 4.69) is 12.2 Å². The van der Waals surface area contributed by atoms with E-state index in [-0.39, 0.29) is 18.7 Å². The zero-order chi connectivity index (χ0) is 13.5. The molecule has 6 nitrogen and oxygen atoms in total. The van der Waals surface area contributed by atoms with Crippen molar-refractivity contribution in [3.05, 3.63) is 0 Å². The van der Waals surface area contributed by atoms with Crippen molar-refractivity contribution < 1.29 is 19.4 Å². The van der Waals surface area contributed by atoms with Crippen LogP contribution in [0, 0.1) is 5.92 Å². The molecule has 0 aromatic rings. The first kappa shape index (κ1) is 14.8. The third-order valence-corrected chi connectivity index (χ3v) is 3.26. The number of nitrogens with one attached hydrogen (secondary N) is 1. The minimum Gasteiger partial charge on any atom is -0.480 e. The van der Waals surface area contributed by atoms with Gasteiger partial charge in [0.05, 0.1) is 6.10 Å². The van der Waals surface area contributed by atoms with Crippen LogP contribution in [-0.2, 0) is 9.53 Å². The summed E-state index contributed by atoms with van der Waals surface area (Å²) in [6.07, 6.45) is 2.09. The van der Waals surface area contributed by atoms with Gasteiger partial charge in [-0.3, -0.25) is 4.79 Å². The quantitative estimate of drug-likeness (QED) is 0.742. The van der Waals surface area contributed by atoms with Gasteiger partial charge in [0, 0.05) is 25.6 Å². The molecule has 1 aliphatic heterocycles. The molecule has 0 aromatic heterocycles. The Morgan fingerprint density at radius 1 is 1.44 bits per heavy atom. The van der Waals surface area contributed by atoms with E-state index in [1.807, 2.05) is 0 Å². The summed E-state index contributed by atoms with van der Waals surface area (Å²) in [4.78, 5) is 23.6. The van der Waals surface area contributed by atoms with Gasteiger partial charge in [0.25, 0.3) is 0 Å². The van der Waals surface area contributed by atoms with Gasteiger partial charge in [-0.2, -0.15) is 0 Å². The summed E-state index contributed by atoms with van der Waals surface area (Å²) in [7, 11) is 0. The highest BCUT2D eigenvalue weighted by Gasteiger charge is 2.27. The lowest BCUT2D eigenvalue weighted by molar-refractivity contribution is -0.137. The Balaban J connectivity index is 2.37. The van der Waals surface area contributed by atoms with E-state index in [0.717, 1.165) is 19.4 Å². The molecule has 2 amide bonds. The summed E-state index contributed by atoms with van der Waals surface area (Å²) in [5.74, 6) is -0.662. The molecule has 1 heterocycles. The standard InChI is InChI=1S/C12H22N2O4/c1-3-10-9(5-6-18-10)7-13-12(17)14(4-2)8-11(15)16/h9-10H,3-8H2,1-2H3,(H,13,17)(H,15,16). The summed E-state index contributed by atoms with van der Waals surface area (Å²) in [6.45, 7) is 5.24. The lowest BCUT2D eigenvalue weighted by Gasteiger charge is -2.22. The second-order valence-electron chi connectivity index (χ2n) is 4.46. The molecular formula is C12H22N2O4. The number of ether oxygens (including phenoxy) is 1. The number of carboxylic acids is 1. The van der Waals surface area contributed by atoms with Crippen LogP contribution in [0.1, 0.15) is 26.7 Å². The smallest absolute Gasteiger partial charge is 0.323 e. The van der Waals surface area contributed by atoms with E-state index in [9.17, 15) is 9.59 Å². The molecule has 6 heteroatoms. The van der Waals surface area contributed by atoms with Crippen molar-refractivity contribution in [3.8, 4) is 0 Å². The molecule has 1 rings (SSSR count). The van der Waals surface area contributed by atoms with Gasteiger partial charge in [-0.1, -0.05) is 6.92 Å². The highest BCUT2D eigenvalue weighted by Crippen LogP contribution is 2.22. The molecule has 2 unspecified atom stereocenters. The first-order chi connectivity index (χ1) is 8.58. The van der Waals surface area contributed by atoms with Crippen molar-refractivity contribution in [1.29, 1.82) is 0 Å². The normalized spacial score (nSPS) is 22.8. The number of carboxylic acid groups (broad SMARTS) is 1. The minimum atomic E-state index is -0.998. The van der Waals surface area contributed by atoms with Crippen molar-refractivity contribution in [1.82, 2.24) is 10.2 Å². The van der Waals surface area contributed by atoms with Gasteiger partial charge in [0.1, 0.15) is 6.54 Å². The van der Waals surface area contributed by atoms with E-state index in [4.69, 9.17) is 9.84 Å².